The number of rotatable bonds is 9. The molecule has 1 N–H and O–H groups in total. The number of hydrogen-bond donors (Lipinski definition) is 1. The third-order valence-electron chi connectivity index (χ3n) is 3.61. The van der Waals surface area contributed by atoms with Crippen LogP contribution in [0.1, 0.15) is 10.4 Å². The number of amides is 1. The van der Waals surface area contributed by atoms with Crippen molar-refractivity contribution in [1.82, 2.24) is 0 Å². The van der Waals surface area contributed by atoms with Gasteiger partial charge < -0.3 is 14.8 Å². The first-order chi connectivity index (χ1) is 14.8. The zero-order chi connectivity index (χ0) is 24.1. The number of benzene rings is 2. The molecule has 2 rings (SSSR count). The minimum absolute atomic E-state index is 0.201. The molecule has 0 saturated carbocycles. The number of ether oxygens (including phenoxy) is 2. The molecule has 174 valence electrons. The van der Waals surface area contributed by atoms with Crippen LogP contribution in [0, 0.1) is 10.1 Å². The number of nitrogens with zero attached hydrogens (tertiary/aromatic N) is 1. The first-order valence-corrected chi connectivity index (χ1v) is 8.46. The Hall–Kier alpha value is -3.58. The molecule has 0 spiro atoms. The van der Waals surface area contributed by atoms with Crippen LogP contribution in [-0.4, -0.2) is 42.6 Å². The summed E-state index contributed by atoms with van der Waals surface area (Å²) in [5.41, 5.74) is -0.928. The Kier molecular flexibility index (Phi) is 7.48. The second-order valence-corrected chi connectivity index (χ2v) is 6.21. The monoisotopic (exact) mass is 470 g/mol. The molecule has 0 bridgehead atoms. The number of alkyl halides is 7. The van der Waals surface area contributed by atoms with Crippen molar-refractivity contribution in [3.05, 3.63) is 58.1 Å². The van der Waals surface area contributed by atoms with Crippen molar-refractivity contribution in [1.29, 1.82) is 0 Å². The largest absolute Gasteiger partial charge is 0.487 e. The van der Waals surface area contributed by atoms with Crippen LogP contribution in [0.4, 0.5) is 42.1 Å². The molecule has 0 unspecified atom stereocenters. The van der Waals surface area contributed by atoms with Crippen LogP contribution in [0.15, 0.2) is 42.5 Å². The van der Waals surface area contributed by atoms with Crippen LogP contribution >= 0.6 is 0 Å². The maximum Gasteiger partial charge on any atom is 0.422 e. The van der Waals surface area contributed by atoms with E-state index in [9.17, 15) is 45.6 Å². The summed E-state index contributed by atoms with van der Waals surface area (Å²) in [4.78, 5) is 22.4. The van der Waals surface area contributed by atoms with E-state index in [1.807, 2.05) is 0 Å². The summed E-state index contributed by atoms with van der Waals surface area (Å²) in [5, 5.41) is 13.0. The van der Waals surface area contributed by atoms with Crippen molar-refractivity contribution in [2.45, 2.75) is 18.5 Å². The number of nitro benzene ring substituents is 1. The van der Waals surface area contributed by atoms with Crippen molar-refractivity contribution < 1.29 is 49.9 Å². The lowest BCUT2D eigenvalue weighted by Gasteiger charge is -2.18. The van der Waals surface area contributed by atoms with Crippen molar-refractivity contribution in [2.75, 3.05) is 18.5 Å². The number of non-ortho nitro benzene ring substituents is 1. The summed E-state index contributed by atoms with van der Waals surface area (Å²) < 4.78 is 97.0. The Morgan fingerprint density at radius 3 is 2.12 bits per heavy atom. The zero-order valence-corrected chi connectivity index (χ0v) is 15.7. The number of nitro groups is 1. The highest BCUT2D eigenvalue weighted by Crippen LogP contribution is 2.30. The quantitative estimate of drug-likeness (QED) is 0.314. The van der Waals surface area contributed by atoms with E-state index in [4.69, 9.17) is 0 Å². The van der Waals surface area contributed by atoms with Gasteiger partial charge >= 0.3 is 18.5 Å². The SMILES string of the molecule is O=C(Nc1cc(OCC(F)(F)F)cc(OCC(F)(F)C(F)F)c1)c1cccc([N+](=O)[O-])c1. The van der Waals surface area contributed by atoms with E-state index < -0.39 is 59.8 Å². The molecule has 1 amide bonds. The Balaban J connectivity index is 2.28. The molecule has 0 radical (unpaired) electrons. The number of carbonyl (C=O) groups excluding carboxylic acids is 1. The van der Waals surface area contributed by atoms with Crippen LogP contribution in [0.25, 0.3) is 0 Å². The average Bonchev–Trinajstić information content (AvgIpc) is 2.70. The maximum atomic E-state index is 13.1. The molecule has 7 nitrogen and oxygen atoms in total. The van der Waals surface area contributed by atoms with Crippen LogP contribution in [0.3, 0.4) is 0 Å². The number of hydrogen-bond acceptors (Lipinski definition) is 5. The molecule has 0 aliphatic heterocycles. The van der Waals surface area contributed by atoms with E-state index in [0.29, 0.717) is 0 Å². The Bertz CT molecular complexity index is 982. The molecule has 0 atom stereocenters. The predicted octanol–water partition coefficient (Wildman–Crippen LogP) is 5.07. The first kappa shape index (κ1) is 24.7. The van der Waals surface area contributed by atoms with Gasteiger partial charge in [0.1, 0.15) is 11.5 Å². The van der Waals surface area contributed by atoms with Gasteiger partial charge in [0.25, 0.3) is 11.6 Å². The predicted molar refractivity (Wildman–Crippen MR) is 95.5 cm³/mol. The fourth-order valence-corrected chi connectivity index (χ4v) is 2.18. The molecular weight excluding hydrogens is 457 g/mol. The molecule has 0 heterocycles. The number of halogens is 7. The van der Waals surface area contributed by atoms with Gasteiger partial charge in [0.15, 0.2) is 13.2 Å². The van der Waals surface area contributed by atoms with Crippen LogP contribution in [0.2, 0.25) is 0 Å². The highest BCUT2D eigenvalue weighted by molar-refractivity contribution is 6.04. The van der Waals surface area contributed by atoms with Crippen molar-refractivity contribution in [2.24, 2.45) is 0 Å². The molecule has 0 aliphatic carbocycles. The van der Waals surface area contributed by atoms with E-state index in [1.54, 1.807) is 0 Å². The second kappa shape index (κ2) is 9.70. The van der Waals surface area contributed by atoms with Crippen LogP contribution < -0.4 is 14.8 Å². The number of anilines is 1. The fraction of sp³-hybridized carbons (Fsp3) is 0.278. The summed E-state index contributed by atoms with van der Waals surface area (Å²) >= 11 is 0. The Labute approximate surface area is 174 Å². The fourth-order valence-electron chi connectivity index (χ4n) is 2.18. The first-order valence-electron chi connectivity index (χ1n) is 8.46. The van der Waals surface area contributed by atoms with Gasteiger partial charge in [-0.2, -0.15) is 22.0 Å². The molecule has 14 heteroatoms. The van der Waals surface area contributed by atoms with Gasteiger partial charge in [-0.15, -0.1) is 0 Å². The van der Waals surface area contributed by atoms with Gasteiger partial charge in [0, 0.05) is 41.6 Å². The van der Waals surface area contributed by atoms with E-state index in [0.717, 1.165) is 30.3 Å². The average molecular weight is 470 g/mol. The third-order valence-corrected chi connectivity index (χ3v) is 3.61. The molecule has 0 aliphatic rings. The summed E-state index contributed by atoms with van der Waals surface area (Å²) in [5.74, 6) is -6.66. The normalized spacial score (nSPS) is 11.9. The van der Waals surface area contributed by atoms with E-state index >= 15 is 0 Å². The van der Waals surface area contributed by atoms with E-state index in [-0.39, 0.29) is 11.3 Å². The molecule has 32 heavy (non-hydrogen) atoms. The summed E-state index contributed by atoms with van der Waals surface area (Å²) in [7, 11) is 0. The van der Waals surface area contributed by atoms with Crippen molar-refractivity contribution >= 4 is 17.3 Å². The Morgan fingerprint density at radius 2 is 1.59 bits per heavy atom. The third kappa shape index (κ3) is 7.28. The number of carbonyl (C=O) groups is 1. The molecule has 2 aromatic carbocycles. The standard InChI is InChI=1S/C18H13F7N2O5/c19-16(20)17(21,22)8-31-13-5-11(6-14(7-13)32-9-18(23,24)25)26-15(28)10-2-1-3-12(4-10)27(29)30/h1-7,16H,8-9H2,(H,26,28). The number of nitrogens with one attached hydrogen (secondary N) is 1. The van der Waals surface area contributed by atoms with E-state index in [1.165, 1.54) is 12.1 Å². The molecular formula is C18H13F7N2O5. The molecule has 0 aromatic heterocycles. The highest BCUT2D eigenvalue weighted by Gasteiger charge is 2.41. The lowest BCUT2D eigenvalue weighted by Crippen LogP contribution is -2.33. The summed E-state index contributed by atoms with van der Waals surface area (Å²) in [6.07, 6.45) is -8.81. The molecule has 0 saturated heterocycles. The highest BCUT2D eigenvalue weighted by atomic mass is 19.4. The van der Waals surface area contributed by atoms with Gasteiger partial charge in [-0.25, -0.2) is 8.78 Å². The lowest BCUT2D eigenvalue weighted by molar-refractivity contribution is -0.384. The van der Waals surface area contributed by atoms with Gasteiger partial charge in [-0.3, -0.25) is 14.9 Å². The lowest BCUT2D eigenvalue weighted by atomic mass is 10.2. The molecule has 0 fully saturated rings. The minimum Gasteiger partial charge on any atom is -0.487 e. The zero-order valence-electron chi connectivity index (χ0n) is 15.7. The second-order valence-electron chi connectivity index (χ2n) is 6.21. The van der Waals surface area contributed by atoms with Crippen LogP contribution in [-0.2, 0) is 0 Å². The van der Waals surface area contributed by atoms with Crippen LogP contribution in [0.5, 0.6) is 11.5 Å². The maximum absolute atomic E-state index is 13.1. The van der Waals surface area contributed by atoms with Gasteiger partial charge in [-0.05, 0) is 6.07 Å². The van der Waals surface area contributed by atoms with Crippen molar-refractivity contribution in [3.63, 3.8) is 0 Å². The van der Waals surface area contributed by atoms with Gasteiger partial charge in [-0.1, -0.05) is 6.07 Å². The minimum atomic E-state index is -4.76. The van der Waals surface area contributed by atoms with Gasteiger partial charge in [0.2, 0.25) is 0 Å². The topological polar surface area (TPSA) is 90.7 Å². The van der Waals surface area contributed by atoms with E-state index in [2.05, 4.69) is 14.8 Å². The molecule has 2 aromatic rings. The van der Waals surface area contributed by atoms with Crippen molar-refractivity contribution in [3.8, 4) is 11.5 Å². The summed E-state index contributed by atoms with van der Waals surface area (Å²) in [6.45, 7) is -3.58. The summed E-state index contributed by atoms with van der Waals surface area (Å²) in [6, 6.07) is 6.92. The Morgan fingerprint density at radius 1 is 1.00 bits per heavy atom. The smallest absolute Gasteiger partial charge is 0.422 e. The van der Waals surface area contributed by atoms with Gasteiger partial charge in [0.05, 0.1) is 4.92 Å².